The van der Waals surface area contributed by atoms with Crippen LogP contribution < -0.4 is 10.1 Å². The molecule has 0 fully saturated rings. The third kappa shape index (κ3) is 3.18. The molecule has 3 aromatic heterocycles. The van der Waals surface area contributed by atoms with E-state index in [0.717, 1.165) is 33.7 Å². The molecule has 5 aromatic rings. The summed E-state index contributed by atoms with van der Waals surface area (Å²) in [5.74, 6) is 2.31. The Hall–Kier alpha value is -3.58. The molecular weight excluding hydrogens is 412 g/mol. The predicted molar refractivity (Wildman–Crippen MR) is 122 cm³/mol. The van der Waals surface area contributed by atoms with Crippen molar-refractivity contribution in [3.63, 3.8) is 0 Å². The Morgan fingerprint density at radius 2 is 1.87 bits per heavy atom. The number of benzene rings is 2. The van der Waals surface area contributed by atoms with Gasteiger partial charge in [0.15, 0.2) is 5.65 Å². The Bertz CT molecular complexity index is 1410. The highest BCUT2D eigenvalue weighted by atomic mass is 35.5. The van der Waals surface area contributed by atoms with E-state index in [2.05, 4.69) is 15.4 Å². The number of methoxy groups -OCH3 is 1. The monoisotopic (exact) mass is 432 g/mol. The lowest BCUT2D eigenvalue weighted by Gasteiger charge is -2.22. The molecule has 0 radical (unpaired) electrons. The van der Waals surface area contributed by atoms with Crippen LogP contribution in [-0.4, -0.2) is 31.3 Å². The van der Waals surface area contributed by atoms with Gasteiger partial charge in [-0.3, -0.25) is 0 Å². The fourth-order valence-electron chi connectivity index (χ4n) is 3.87. The molecule has 1 unspecified atom stereocenters. The molecule has 0 aliphatic carbocycles. The van der Waals surface area contributed by atoms with Crippen LogP contribution in [0, 0.1) is 6.92 Å². The summed E-state index contributed by atoms with van der Waals surface area (Å²) >= 11 is 6.53. The van der Waals surface area contributed by atoms with E-state index in [1.165, 1.54) is 0 Å². The number of hydrogen-bond acceptors (Lipinski definition) is 5. The SMILES string of the molecule is COc1ccccc1C(Nc1nc2c(Cl)c(C)nn2c2ccccc12)c1nccn1C. The highest BCUT2D eigenvalue weighted by molar-refractivity contribution is 6.34. The van der Waals surface area contributed by atoms with Crippen molar-refractivity contribution in [1.29, 1.82) is 0 Å². The van der Waals surface area contributed by atoms with Crippen LogP contribution in [-0.2, 0) is 7.05 Å². The van der Waals surface area contributed by atoms with Gasteiger partial charge in [-0.05, 0) is 25.1 Å². The van der Waals surface area contributed by atoms with E-state index >= 15 is 0 Å². The molecule has 1 N–H and O–H groups in total. The summed E-state index contributed by atoms with van der Waals surface area (Å²) in [6.45, 7) is 1.88. The van der Waals surface area contributed by atoms with Crippen molar-refractivity contribution in [3.05, 3.63) is 83.0 Å². The van der Waals surface area contributed by atoms with Gasteiger partial charge in [-0.15, -0.1) is 0 Å². The summed E-state index contributed by atoms with van der Waals surface area (Å²) in [6.07, 6.45) is 3.71. The largest absolute Gasteiger partial charge is 0.496 e. The number of aromatic nitrogens is 5. The Kier molecular flexibility index (Phi) is 4.75. The minimum Gasteiger partial charge on any atom is -0.496 e. The van der Waals surface area contributed by atoms with Crippen LogP contribution in [0.25, 0.3) is 16.6 Å². The fourth-order valence-corrected chi connectivity index (χ4v) is 4.03. The number of anilines is 1. The van der Waals surface area contributed by atoms with E-state index in [9.17, 15) is 0 Å². The molecule has 1 atom stereocenters. The molecule has 0 spiro atoms. The number of halogens is 1. The lowest BCUT2D eigenvalue weighted by Crippen LogP contribution is -2.18. The van der Waals surface area contributed by atoms with Gasteiger partial charge in [-0.1, -0.05) is 41.9 Å². The van der Waals surface area contributed by atoms with Crippen molar-refractivity contribution in [1.82, 2.24) is 24.1 Å². The van der Waals surface area contributed by atoms with Crippen molar-refractivity contribution in [2.75, 3.05) is 12.4 Å². The van der Waals surface area contributed by atoms with Gasteiger partial charge in [0.05, 0.1) is 18.3 Å². The highest BCUT2D eigenvalue weighted by Crippen LogP contribution is 2.35. The third-order valence-corrected chi connectivity index (χ3v) is 5.86. The summed E-state index contributed by atoms with van der Waals surface area (Å²) in [6, 6.07) is 15.6. The Morgan fingerprint density at radius 3 is 2.65 bits per heavy atom. The zero-order valence-electron chi connectivity index (χ0n) is 17.4. The first-order valence-corrected chi connectivity index (χ1v) is 10.3. The summed E-state index contributed by atoms with van der Waals surface area (Å²) in [7, 11) is 3.64. The van der Waals surface area contributed by atoms with Crippen molar-refractivity contribution >= 4 is 34.0 Å². The number of ether oxygens (including phenoxy) is 1. The number of aryl methyl sites for hydroxylation is 2. The maximum atomic E-state index is 6.53. The van der Waals surface area contributed by atoms with E-state index in [1.54, 1.807) is 17.8 Å². The van der Waals surface area contributed by atoms with Gasteiger partial charge in [-0.25, -0.2) is 14.5 Å². The smallest absolute Gasteiger partial charge is 0.176 e. The molecule has 0 amide bonds. The van der Waals surface area contributed by atoms with Gasteiger partial charge in [0.1, 0.15) is 28.5 Å². The van der Waals surface area contributed by atoms with E-state index in [4.69, 9.17) is 21.3 Å². The molecule has 0 aliphatic rings. The summed E-state index contributed by atoms with van der Waals surface area (Å²) < 4.78 is 9.43. The van der Waals surface area contributed by atoms with Crippen LogP contribution in [0.4, 0.5) is 5.82 Å². The van der Waals surface area contributed by atoms with Crippen molar-refractivity contribution < 1.29 is 4.74 Å². The molecule has 0 aliphatic heterocycles. The minimum absolute atomic E-state index is 0.294. The second-order valence-electron chi connectivity index (χ2n) is 7.33. The zero-order valence-corrected chi connectivity index (χ0v) is 18.1. The standard InChI is InChI=1S/C23H21ClN6O/c1-14-19(24)22-27-21(15-8-4-6-10-17(15)30(22)28-14)26-20(23-25-12-13-29(23)2)16-9-5-7-11-18(16)31-3/h4-13,20H,1-3H3,(H,26,27). The van der Waals surface area contributed by atoms with E-state index in [-0.39, 0.29) is 6.04 Å². The molecule has 0 bridgehead atoms. The van der Waals surface area contributed by atoms with Crippen molar-refractivity contribution in [2.24, 2.45) is 7.05 Å². The Labute approximate surface area is 184 Å². The minimum atomic E-state index is -0.294. The summed E-state index contributed by atoms with van der Waals surface area (Å²) in [4.78, 5) is 9.47. The lowest BCUT2D eigenvalue weighted by atomic mass is 10.0. The van der Waals surface area contributed by atoms with Gasteiger partial charge in [-0.2, -0.15) is 5.10 Å². The van der Waals surface area contributed by atoms with Crippen LogP contribution in [0.5, 0.6) is 5.75 Å². The van der Waals surface area contributed by atoms with Gasteiger partial charge >= 0.3 is 0 Å². The molecule has 2 aromatic carbocycles. The molecule has 31 heavy (non-hydrogen) atoms. The molecule has 8 heteroatoms. The topological polar surface area (TPSA) is 69.3 Å². The first kappa shape index (κ1) is 19.4. The Morgan fingerprint density at radius 1 is 1.10 bits per heavy atom. The van der Waals surface area contributed by atoms with Crippen LogP contribution in [0.2, 0.25) is 5.02 Å². The van der Waals surface area contributed by atoms with Gasteiger partial charge in [0.2, 0.25) is 0 Å². The van der Waals surface area contributed by atoms with Crippen LogP contribution >= 0.6 is 11.6 Å². The normalized spacial score (nSPS) is 12.4. The van der Waals surface area contributed by atoms with Crippen molar-refractivity contribution in [3.8, 4) is 5.75 Å². The van der Waals surface area contributed by atoms with Crippen LogP contribution in [0.3, 0.4) is 0 Å². The third-order valence-electron chi connectivity index (χ3n) is 5.42. The predicted octanol–water partition coefficient (Wildman–Crippen LogP) is 4.79. The number of nitrogens with one attached hydrogen (secondary N) is 1. The second kappa shape index (κ2) is 7.59. The summed E-state index contributed by atoms with van der Waals surface area (Å²) in [5, 5.41) is 9.65. The number of para-hydroxylation sites is 2. The molecule has 156 valence electrons. The number of rotatable bonds is 5. The fraction of sp³-hybridized carbons (Fsp3) is 0.174. The number of nitrogens with zero attached hydrogens (tertiary/aromatic N) is 5. The highest BCUT2D eigenvalue weighted by Gasteiger charge is 2.24. The first-order valence-electron chi connectivity index (χ1n) is 9.88. The number of imidazole rings is 1. The van der Waals surface area contributed by atoms with Gasteiger partial charge in [0.25, 0.3) is 0 Å². The second-order valence-corrected chi connectivity index (χ2v) is 7.71. The maximum Gasteiger partial charge on any atom is 0.176 e. The first-order chi connectivity index (χ1) is 15.1. The lowest BCUT2D eigenvalue weighted by molar-refractivity contribution is 0.408. The van der Waals surface area contributed by atoms with Crippen molar-refractivity contribution in [2.45, 2.75) is 13.0 Å². The van der Waals surface area contributed by atoms with Gasteiger partial charge < -0.3 is 14.6 Å². The Balaban J connectivity index is 1.74. The van der Waals surface area contributed by atoms with Gasteiger partial charge in [0, 0.05) is 30.4 Å². The van der Waals surface area contributed by atoms with Crippen LogP contribution in [0.15, 0.2) is 60.9 Å². The molecule has 0 saturated heterocycles. The number of hydrogen-bond donors (Lipinski definition) is 1. The quantitative estimate of drug-likeness (QED) is 0.432. The van der Waals surface area contributed by atoms with Crippen LogP contribution in [0.1, 0.15) is 23.1 Å². The molecule has 7 nitrogen and oxygen atoms in total. The van der Waals surface area contributed by atoms with E-state index in [1.807, 2.05) is 73.3 Å². The maximum absolute atomic E-state index is 6.53. The van der Waals surface area contributed by atoms with E-state index in [0.29, 0.717) is 16.5 Å². The van der Waals surface area contributed by atoms with E-state index < -0.39 is 0 Å². The zero-order chi connectivity index (χ0) is 21.5. The average Bonchev–Trinajstić information content (AvgIpc) is 3.35. The number of fused-ring (bicyclic) bond motifs is 3. The molecule has 3 heterocycles. The summed E-state index contributed by atoms with van der Waals surface area (Å²) in [5.41, 5.74) is 3.23. The average molecular weight is 433 g/mol. The molecular formula is C23H21ClN6O. The molecule has 0 saturated carbocycles. The molecule has 5 rings (SSSR count).